The van der Waals surface area contributed by atoms with E-state index in [1.807, 2.05) is 4.90 Å². The van der Waals surface area contributed by atoms with E-state index in [-0.39, 0.29) is 11.9 Å². The van der Waals surface area contributed by atoms with Gasteiger partial charge in [-0.1, -0.05) is 11.8 Å². The lowest BCUT2D eigenvalue weighted by atomic mass is 9.98. The monoisotopic (exact) mass is 269 g/mol. The molecule has 1 aromatic heterocycles. The van der Waals surface area contributed by atoms with Crippen LogP contribution in [0.4, 0.5) is 5.95 Å². The molecule has 2 atom stereocenters. The lowest BCUT2D eigenvalue weighted by molar-refractivity contribution is -0.134. The van der Waals surface area contributed by atoms with Gasteiger partial charge in [0.2, 0.25) is 17.0 Å². The minimum Gasteiger partial charge on any atom is -0.368 e. The maximum atomic E-state index is 12.2. The van der Waals surface area contributed by atoms with Crippen LogP contribution in [-0.2, 0) is 4.79 Å². The Kier molecular flexibility index (Phi) is 4.11. The first-order valence-electron chi connectivity index (χ1n) is 6.19. The summed E-state index contributed by atoms with van der Waals surface area (Å²) in [5.74, 6) is 0.805. The van der Waals surface area contributed by atoms with Crippen molar-refractivity contribution >= 4 is 23.6 Å². The first-order valence-corrected chi connectivity index (χ1v) is 7.18. The first kappa shape index (κ1) is 13.2. The lowest BCUT2D eigenvalue weighted by Crippen LogP contribution is -2.48. The first-order chi connectivity index (χ1) is 8.58. The van der Waals surface area contributed by atoms with Crippen LogP contribution >= 0.6 is 11.8 Å². The molecule has 0 aromatic carbocycles. The third kappa shape index (κ3) is 2.95. The number of thioether (sulfide) groups is 1. The summed E-state index contributed by atoms with van der Waals surface area (Å²) in [6.45, 7) is 4.23. The zero-order chi connectivity index (χ0) is 13.1. The van der Waals surface area contributed by atoms with Crippen LogP contribution in [-0.4, -0.2) is 43.8 Å². The summed E-state index contributed by atoms with van der Waals surface area (Å²) in [7, 11) is 0. The van der Waals surface area contributed by atoms with Gasteiger partial charge in [-0.15, -0.1) is 5.10 Å². The van der Waals surface area contributed by atoms with Crippen molar-refractivity contribution in [2.75, 3.05) is 11.5 Å². The smallest absolute Gasteiger partial charge is 0.233 e. The van der Waals surface area contributed by atoms with E-state index in [1.54, 1.807) is 0 Å². The van der Waals surface area contributed by atoms with E-state index in [4.69, 9.17) is 5.73 Å². The summed E-state index contributed by atoms with van der Waals surface area (Å²) in [6, 6.07) is 0.665. The molecular weight excluding hydrogens is 250 g/mol. The molecule has 1 amide bonds. The number of anilines is 1. The molecule has 0 saturated carbocycles. The summed E-state index contributed by atoms with van der Waals surface area (Å²) >= 11 is 1.32. The highest BCUT2D eigenvalue weighted by Crippen LogP contribution is 2.24. The molecule has 0 aliphatic carbocycles. The third-order valence-corrected chi connectivity index (χ3v) is 4.12. The van der Waals surface area contributed by atoms with Crippen LogP contribution < -0.4 is 5.73 Å². The predicted octanol–water partition coefficient (Wildman–Crippen LogP) is 1.27. The fourth-order valence-electron chi connectivity index (χ4n) is 2.44. The molecule has 1 aliphatic rings. The minimum absolute atomic E-state index is 0.156. The number of hydrogen-bond donors (Lipinski definition) is 2. The van der Waals surface area contributed by atoms with E-state index in [9.17, 15) is 4.79 Å². The number of nitrogens with one attached hydrogen (secondary N) is 1. The number of hydrogen-bond acceptors (Lipinski definition) is 5. The zero-order valence-electron chi connectivity index (χ0n) is 10.7. The fraction of sp³-hybridized carbons (Fsp3) is 0.727. The summed E-state index contributed by atoms with van der Waals surface area (Å²) in [5, 5.41) is 6.99. The van der Waals surface area contributed by atoms with Crippen molar-refractivity contribution in [2.24, 2.45) is 0 Å². The van der Waals surface area contributed by atoms with Crippen LogP contribution in [0.5, 0.6) is 0 Å². The van der Waals surface area contributed by atoms with E-state index in [1.165, 1.54) is 18.2 Å². The Labute approximate surface area is 111 Å². The molecule has 0 unspecified atom stereocenters. The molecular formula is C11H19N5OS. The lowest BCUT2D eigenvalue weighted by Gasteiger charge is -2.39. The Morgan fingerprint density at radius 3 is 2.72 bits per heavy atom. The maximum Gasteiger partial charge on any atom is 0.233 e. The van der Waals surface area contributed by atoms with Gasteiger partial charge in [-0.25, -0.2) is 5.10 Å². The standard InChI is InChI=1S/C11H19N5OS/c1-7-4-3-5-8(2)16(7)9(17)6-18-11-13-10(12)14-15-11/h7-8H,3-6H2,1-2H3,(H3,12,13,14,15)/t7-,8-/m0/s1. The van der Waals surface area contributed by atoms with E-state index < -0.39 is 0 Å². The second kappa shape index (κ2) is 5.60. The van der Waals surface area contributed by atoms with Crippen LogP contribution in [0.3, 0.4) is 0 Å². The molecule has 1 aromatic rings. The van der Waals surface area contributed by atoms with Gasteiger partial charge in [0.05, 0.1) is 5.75 Å². The Balaban J connectivity index is 1.90. The Morgan fingerprint density at radius 2 is 2.17 bits per heavy atom. The van der Waals surface area contributed by atoms with Crippen LogP contribution in [0.25, 0.3) is 0 Å². The van der Waals surface area contributed by atoms with Gasteiger partial charge in [-0.3, -0.25) is 4.79 Å². The van der Waals surface area contributed by atoms with Gasteiger partial charge in [-0.2, -0.15) is 4.98 Å². The minimum atomic E-state index is 0.156. The highest BCUT2D eigenvalue weighted by Gasteiger charge is 2.28. The Bertz CT molecular complexity index is 411. The van der Waals surface area contributed by atoms with Crippen LogP contribution in [0.1, 0.15) is 33.1 Å². The van der Waals surface area contributed by atoms with E-state index in [2.05, 4.69) is 29.0 Å². The predicted molar refractivity (Wildman–Crippen MR) is 71.1 cm³/mol. The van der Waals surface area contributed by atoms with Crippen molar-refractivity contribution in [3.63, 3.8) is 0 Å². The number of carbonyl (C=O) groups excluding carboxylic acids is 1. The van der Waals surface area contributed by atoms with Crippen molar-refractivity contribution in [1.29, 1.82) is 0 Å². The van der Waals surface area contributed by atoms with Crippen LogP contribution in [0.15, 0.2) is 5.16 Å². The molecule has 2 heterocycles. The van der Waals surface area contributed by atoms with Gasteiger partial charge in [0, 0.05) is 12.1 Å². The van der Waals surface area contributed by atoms with Crippen molar-refractivity contribution in [3.05, 3.63) is 0 Å². The number of H-pyrrole nitrogens is 1. The average molecular weight is 269 g/mol. The second-order valence-corrected chi connectivity index (χ2v) is 5.66. The third-order valence-electron chi connectivity index (χ3n) is 3.29. The maximum absolute atomic E-state index is 12.2. The summed E-state index contributed by atoms with van der Waals surface area (Å²) in [5.41, 5.74) is 5.43. The van der Waals surface area contributed by atoms with Crippen molar-refractivity contribution < 1.29 is 4.79 Å². The SMILES string of the molecule is C[C@H]1CCC[C@H](C)N1C(=O)CSc1n[nH]c(N)n1. The summed E-state index contributed by atoms with van der Waals surface area (Å²) in [6.07, 6.45) is 3.39. The van der Waals surface area contributed by atoms with Crippen LogP contribution in [0.2, 0.25) is 0 Å². The molecule has 7 heteroatoms. The second-order valence-electron chi connectivity index (χ2n) is 4.72. The van der Waals surface area contributed by atoms with Crippen LogP contribution in [0, 0.1) is 0 Å². The molecule has 6 nitrogen and oxygen atoms in total. The highest BCUT2D eigenvalue weighted by atomic mass is 32.2. The van der Waals surface area contributed by atoms with Gasteiger partial charge in [0.1, 0.15) is 0 Å². The average Bonchev–Trinajstić information content (AvgIpc) is 2.72. The molecule has 0 bridgehead atoms. The number of aromatic amines is 1. The molecule has 18 heavy (non-hydrogen) atoms. The molecule has 2 rings (SSSR count). The Hall–Kier alpha value is -1.24. The molecule has 1 fully saturated rings. The number of nitrogens with two attached hydrogens (primary N) is 1. The topological polar surface area (TPSA) is 87.9 Å². The van der Waals surface area contributed by atoms with Gasteiger partial charge >= 0.3 is 0 Å². The number of piperidine rings is 1. The molecule has 0 spiro atoms. The van der Waals surface area contributed by atoms with E-state index in [0.717, 1.165) is 12.8 Å². The zero-order valence-corrected chi connectivity index (χ0v) is 11.5. The molecule has 0 radical (unpaired) electrons. The molecule has 1 saturated heterocycles. The number of amides is 1. The highest BCUT2D eigenvalue weighted by molar-refractivity contribution is 7.99. The number of aromatic nitrogens is 3. The van der Waals surface area contributed by atoms with Gasteiger partial charge in [0.25, 0.3) is 0 Å². The van der Waals surface area contributed by atoms with Gasteiger partial charge < -0.3 is 10.6 Å². The van der Waals surface area contributed by atoms with Crippen molar-refractivity contribution in [2.45, 2.75) is 50.4 Å². The number of nitrogen functional groups attached to an aromatic ring is 1. The fourth-order valence-corrected chi connectivity index (χ4v) is 3.11. The van der Waals surface area contributed by atoms with Gasteiger partial charge in [0.15, 0.2) is 0 Å². The van der Waals surface area contributed by atoms with E-state index >= 15 is 0 Å². The quantitative estimate of drug-likeness (QED) is 0.807. The Morgan fingerprint density at radius 1 is 1.50 bits per heavy atom. The van der Waals surface area contributed by atoms with E-state index in [0.29, 0.717) is 23.0 Å². The summed E-state index contributed by atoms with van der Waals surface area (Å²) < 4.78 is 0. The van der Waals surface area contributed by atoms with Crippen molar-refractivity contribution in [1.82, 2.24) is 20.1 Å². The number of nitrogens with zero attached hydrogens (tertiary/aromatic N) is 3. The van der Waals surface area contributed by atoms with Gasteiger partial charge in [-0.05, 0) is 33.1 Å². The summed E-state index contributed by atoms with van der Waals surface area (Å²) in [4.78, 5) is 18.2. The molecule has 1 aliphatic heterocycles. The molecule has 100 valence electrons. The van der Waals surface area contributed by atoms with Crippen molar-refractivity contribution in [3.8, 4) is 0 Å². The number of likely N-dealkylation sites (tertiary alicyclic amines) is 1. The number of rotatable bonds is 3. The largest absolute Gasteiger partial charge is 0.368 e. The number of carbonyl (C=O) groups is 1. The normalized spacial score (nSPS) is 24.2. The molecule has 3 N–H and O–H groups in total.